The molecule has 0 radical (unpaired) electrons. The Balaban J connectivity index is 2.46. The third-order valence-corrected chi connectivity index (χ3v) is 3.27. The second-order valence-corrected chi connectivity index (χ2v) is 4.10. The summed E-state index contributed by atoms with van der Waals surface area (Å²) in [5, 5.41) is 10.8. The Labute approximate surface area is 80.5 Å². The minimum Gasteiger partial charge on any atom is -0.515 e. The van der Waals surface area contributed by atoms with Crippen LogP contribution in [0, 0.1) is 0 Å². The summed E-state index contributed by atoms with van der Waals surface area (Å²) >= 11 is 1.63. The lowest BCUT2D eigenvalue weighted by Crippen LogP contribution is -2.01. The van der Waals surface area contributed by atoms with Crippen LogP contribution in [0.4, 0.5) is 0 Å². The molecule has 1 N–H and O–H groups in total. The average molecular weight is 194 g/mol. The molecule has 1 aliphatic carbocycles. The predicted molar refractivity (Wildman–Crippen MR) is 52.3 cm³/mol. The van der Waals surface area contributed by atoms with Crippen LogP contribution in [0.15, 0.2) is 23.3 Å². The third kappa shape index (κ3) is 1.40. The molecule has 1 heterocycles. The summed E-state index contributed by atoms with van der Waals surface area (Å²) in [5.41, 5.74) is 1.32. The number of allylic oxidation sites excluding steroid dienone is 1. The van der Waals surface area contributed by atoms with E-state index in [1.165, 1.54) is 0 Å². The highest BCUT2D eigenvalue weighted by atomic mass is 32.1. The molecule has 0 aromatic carbocycles. The van der Waals surface area contributed by atoms with Crippen molar-refractivity contribution in [2.24, 2.45) is 0 Å². The van der Waals surface area contributed by atoms with Crippen molar-refractivity contribution in [3.8, 4) is 0 Å². The highest BCUT2D eigenvalue weighted by Gasteiger charge is 2.20. The van der Waals surface area contributed by atoms with Gasteiger partial charge in [0.05, 0.1) is 6.26 Å². The molecule has 3 heteroatoms. The predicted octanol–water partition coefficient (Wildman–Crippen LogP) is 2.71. The SMILES string of the molecule is O=C1/C(=C\O)CCCc2sccc21. The fraction of sp³-hybridized carbons (Fsp3) is 0.300. The van der Waals surface area contributed by atoms with Crippen molar-refractivity contribution in [2.75, 3.05) is 0 Å². The number of hydrogen-bond acceptors (Lipinski definition) is 3. The van der Waals surface area contributed by atoms with Gasteiger partial charge in [0, 0.05) is 16.0 Å². The first kappa shape index (κ1) is 8.51. The van der Waals surface area contributed by atoms with Crippen LogP contribution >= 0.6 is 11.3 Å². The Morgan fingerprint density at radius 3 is 3.08 bits per heavy atom. The number of rotatable bonds is 0. The second kappa shape index (κ2) is 3.34. The summed E-state index contributed by atoms with van der Waals surface area (Å²) in [7, 11) is 0. The second-order valence-electron chi connectivity index (χ2n) is 3.09. The van der Waals surface area contributed by atoms with Gasteiger partial charge in [0.15, 0.2) is 5.78 Å². The van der Waals surface area contributed by atoms with Crippen LogP contribution in [0.2, 0.25) is 0 Å². The van der Waals surface area contributed by atoms with E-state index in [9.17, 15) is 4.79 Å². The lowest BCUT2D eigenvalue weighted by atomic mass is 10.1. The normalized spacial score (nSPS) is 20.0. The van der Waals surface area contributed by atoms with Gasteiger partial charge in [0.25, 0.3) is 0 Å². The summed E-state index contributed by atoms with van der Waals surface area (Å²) in [5.74, 6) is -0.00347. The molecule has 0 aliphatic heterocycles. The number of hydrogen-bond donors (Lipinski definition) is 1. The zero-order chi connectivity index (χ0) is 9.26. The van der Waals surface area contributed by atoms with Crippen molar-refractivity contribution in [3.63, 3.8) is 0 Å². The number of ketones is 1. The molecule has 0 fully saturated rings. The number of aryl methyl sites for hydroxylation is 1. The standard InChI is InChI=1S/C10H10O2S/c11-6-7-2-1-3-9-8(10(7)12)4-5-13-9/h4-6,11H,1-3H2/b7-6-. The van der Waals surface area contributed by atoms with E-state index in [1.54, 1.807) is 11.3 Å². The van der Waals surface area contributed by atoms with Gasteiger partial charge in [-0.3, -0.25) is 4.79 Å². The third-order valence-electron chi connectivity index (χ3n) is 2.29. The molecular formula is C10H10O2S. The highest BCUT2D eigenvalue weighted by Crippen LogP contribution is 2.27. The van der Waals surface area contributed by atoms with Gasteiger partial charge in [-0.15, -0.1) is 11.3 Å². The number of fused-ring (bicyclic) bond motifs is 1. The first-order valence-corrected chi connectivity index (χ1v) is 5.15. The lowest BCUT2D eigenvalue weighted by Gasteiger charge is -1.97. The molecular weight excluding hydrogens is 184 g/mol. The average Bonchev–Trinajstić information content (AvgIpc) is 2.54. The van der Waals surface area contributed by atoms with Crippen LogP contribution < -0.4 is 0 Å². The Morgan fingerprint density at radius 2 is 2.31 bits per heavy atom. The van der Waals surface area contributed by atoms with E-state index >= 15 is 0 Å². The van der Waals surface area contributed by atoms with Gasteiger partial charge in [0.2, 0.25) is 0 Å². The van der Waals surface area contributed by atoms with Crippen molar-refractivity contribution in [1.29, 1.82) is 0 Å². The zero-order valence-corrected chi connectivity index (χ0v) is 7.93. The van der Waals surface area contributed by atoms with Crippen molar-refractivity contribution < 1.29 is 9.90 Å². The van der Waals surface area contributed by atoms with Gasteiger partial charge in [-0.05, 0) is 30.7 Å². The van der Waals surface area contributed by atoms with Crippen LogP contribution in [-0.4, -0.2) is 10.9 Å². The van der Waals surface area contributed by atoms with Crippen molar-refractivity contribution in [1.82, 2.24) is 0 Å². The summed E-state index contributed by atoms with van der Waals surface area (Å²) in [6, 6.07) is 1.84. The topological polar surface area (TPSA) is 37.3 Å². The molecule has 1 aromatic rings. The smallest absolute Gasteiger partial charge is 0.193 e. The molecule has 0 spiro atoms. The minimum absolute atomic E-state index is 0.00347. The molecule has 0 saturated carbocycles. The zero-order valence-electron chi connectivity index (χ0n) is 7.12. The maximum absolute atomic E-state index is 11.7. The molecule has 68 valence electrons. The van der Waals surface area contributed by atoms with Gasteiger partial charge in [-0.1, -0.05) is 0 Å². The Kier molecular flexibility index (Phi) is 2.19. The van der Waals surface area contributed by atoms with E-state index in [0.717, 1.165) is 29.5 Å². The molecule has 13 heavy (non-hydrogen) atoms. The number of aliphatic hydroxyl groups is 1. The van der Waals surface area contributed by atoms with Crippen LogP contribution in [0.1, 0.15) is 28.1 Å². The summed E-state index contributed by atoms with van der Waals surface area (Å²) in [6.07, 6.45) is 3.55. The molecule has 0 saturated heterocycles. The fourth-order valence-electron chi connectivity index (χ4n) is 1.59. The molecule has 0 amide bonds. The Bertz CT molecular complexity index is 363. The minimum atomic E-state index is -0.00347. The van der Waals surface area contributed by atoms with Gasteiger partial charge in [-0.25, -0.2) is 0 Å². The first-order chi connectivity index (χ1) is 6.33. The first-order valence-electron chi connectivity index (χ1n) is 4.27. The van der Waals surface area contributed by atoms with E-state index in [-0.39, 0.29) is 5.78 Å². The molecule has 1 aromatic heterocycles. The number of carbonyl (C=O) groups is 1. The highest BCUT2D eigenvalue weighted by molar-refractivity contribution is 7.10. The Hall–Kier alpha value is -1.09. The van der Waals surface area contributed by atoms with E-state index < -0.39 is 0 Å². The summed E-state index contributed by atoms with van der Waals surface area (Å²) in [6.45, 7) is 0. The maximum atomic E-state index is 11.7. The van der Waals surface area contributed by atoms with E-state index in [2.05, 4.69) is 0 Å². The number of thiophene rings is 1. The van der Waals surface area contributed by atoms with Gasteiger partial charge in [0.1, 0.15) is 0 Å². The molecule has 0 atom stereocenters. The van der Waals surface area contributed by atoms with Crippen LogP contribution in [-0.2, 0) is 6.42 Å². The largest absolute Gasteiger partial charge is 0.515 e. The van der Waals surface area contributed by atoms with Crippen molar-refractivity contribution in [2.45, 2.75) is 19.3 Å². The van der Waals surface area contributed by atoms with Crippen LogP contribution in [0.25, 0.3) is 0 Å². The lowest BCUT2D eigenvalue weighted by molar-refractivity contribution is 0.102. The quantitative estimate of drug-likeness (QED) is 0.391. The number of carbonyl (C=O) groups excluding carboxylic acids is 1. The van der Waals surface area contributed by atoms with Crippen molar-refractivity contribution in [3.05, 3.63) is 33.7 Å². The number of Topliss-reactive ketones (excluding diaryl/α,β-unsaturated/α-hetero) is 1. The number of aliphatic hydroxyl groups excluding tert-OH is 1. The molecule has 1 aliphatic rings. The van der Waals surface area contributed by atoms with E-state index in [1.807, 2.05) is 11.4 Å². The van der Waals surface area contributed by atoms with Gasteiger partial charge >= 0.3 is 0 Å². The van der Waals surface area contributed by atoms with Crippen LogP contribution in [0.5, 0.6) is 0 Å². The van der Waals surface area contributed by atoms with Gasteiger partial charge < -0.3 is 5.11 Å². The molecule has 0 unspecified atom stereocenters. The molecule has 0 bridgehead atoms. The monoisotopic (exact) mass is 194 g/mol. The van der Waals surface area contributed by atoms with Crippen molar-refractivity contribution >= 4 is 17.1 Å². The molecule has 2 nitrogen and oxygen atoms in total. The maximum Gasteiger partial charge on any atom is 0.193 e. The fourth-order valence-corrected chi connectivity index (χ4v) is 2.50. The van der Waals surface area contributed by atoms with E-state index in [0.29, 0.717) is 12.0 Å². The summed E-state index contributed by atoms with van der Waals surface area (Å²) < 4.78 is 0. The van der Waals surface area contributed by atoms with Crippen LogP contribution in [0.3, 0.4) is 0 Å². The Morgan fingerprint density at radius 1 is 1.46 bits per heavy atom. The van der Waals surface area contributed by atoms with E-state index in [4.69, 9.17) is 5.11 Å². The van der Waals surface area contributed by atoms with Gasteiger partial charge in [-0.2, -0.15) is 0 Å². The molecule has 2 rings (SSSR count). The summed E-state index contributed by atoms with van der Waals surface area (Å²) in [4.78, 5) is 12.9.